The molecule has 0 heterocycles. The van der Waals surface area contributed by atoms with Gasteiger partial charge in [0.1, 0.15) is 11.6 Å². The molecule has 0 aliphatic rings. The van der Waals surface area contributed by atoms with E-state index < -0.39 is 38.4 Å². The third kappa shape index (κ3) is 10.8. The standard InChI is InChI=1S/C8H18Si.C5HF6O2.Ag/c1-5-9(6-2,7-3)8-4;6-4(7,8)2(12)1-3(13)5(9,10)11;/h5H,1,6-8H2,2-4H3;1H;/q;-1;+1. The quantitative estimate of drug-likeness (QED) is 0.252. The van der Waals surface area contributed by atoms with E-state index in [0.717, 1.165) is 0 Å². The van der Waals surface area contributed by atoms with Crippen LogP contribution in [-0.4, -0.2) is 32.0 Å². The average Bonchev–Trinajstić information content (AvgIpc) is 2.40. The van der Waals surface area contributed by atoms with Crippen LogP contribution < -0.4 is 0 Å². The Bertz CT molecular complexity index is 357. The number of rotatable bonds is 6. The van der Waals surface area contributed by atoms with Crippen LogP contribution in [0.3, 0.4) is 0 Å². The number of hydrogen-bond acceptors (Lipinski definition) is 2. The Balaban J connectivity index is -0.000000354. The molecule has 2 nitrogen and oxygen atoms in total. The summed E-state index contributed by atoms with van der Waals surface area (Å²) in [5.41, 5.74) is 2.24. The van der Waals surface area contributed by atoms with Crippen molar-refractivity contribution in [3.63, 3.8) is 0 Å². The van der Waals surface area contributed by atoms with Crippen molar-refractivity contribution in [3.05, 3.63) is 18.7 Å². The Morgan fingerprint density at radius 2 is 1.17 bits per heavy atom. The molecule has 0 aromatic rings. The maximum Gasteiger partial charge on any atom is 1.00 e. The molecular weight excluding hydrogens is 438 g/mol. The van der Waals surface area contributed by atoms with Gasteiger partial charge in [0.05, 0.1) is 8.07 Å². The Labute approximate surface area is 148 Å². The first-order chi connectivity index (χ1) is 9.79. The largest absolute Gasteiger partial charge is 1.00 e. The van der Waals surface area contributed by atoms with Crippen LogP contribution in [0.25, 0.3) is 0 Å². The topological polar surface area (TPSA) is 34.1 Å². The van der Waals surface area contributed by atoms with Gasteiger partial charge in [-0.05, 0) is 0 Å². The van der Waals surface area contributed by atoms with Crippen molar-refractivity contribution in [1.29, 1.82) is 0 Å². The van der Waals surface area contributed by atoms with Crippen molar-refractivity contribution in [3.8, 4) is 0 Å². The fraction of sp³-hybridized carbons (Fsp3) is 0.615. The average molecular weight is 457 g/mol. The molecule has 0 aromatic carbocycles. The van der Waals surface area contributed by atoms with E-state index in [0.29, 0.717) is 0 Å². The summed E-state index contributed by atoms with van der Waals surface area (Å²) in [5, 5.41) is 0. The minimum Gasteiger partial charge on any atom is -0.324 e. The smallest absolute Gasteiger partial charge is 0.324 e. The minimum atomic E-state index is -5.46. The monoisotopic (exact) mass is 456 g/mol. The molecule has 0 aliphatic heterocycles. The van der Waals surface area contributed by atoms with Crippen LogP contribution in [0.2, 0.25) is 18.1 Å². The van der Waals surface area contributed by atoms with Crippen molar-refractivity contribution < 1.29 is 58.3 Å². The molecule has 0 rings (SSSR count). The molecule has 0 radical (unpaired) electrons. The van der Waals surface area contributed by atoms with Gasteiger partial charge in [0.15, 0.2) is 0 Å². The number of carbonyl (C=O) groups excluding carboxylic acids is 2. The maximum atomic E-state index is 11.3. The van der Waals surface area contributed by atoms with Crippen LogP contribution in [0.5, 0.6) is 0 Å². The van der Waals surface area contributed by atoms with Gasteiger partial charge in [-0.25, -0.2) is 6.42 Å². The third-order valence-corrected chi connectivity index (χ3v) is 8.46. The van der Waals surface area contributed by atoms with Crippen molar-refractivity contribution in [2.45, 2.75) is 51.3 Å². The van der Waals surface area contributed by atoms with E-state index in [1.807, 2.05) is 0 Å². The summed E-state index contributed by atoms with van der Waals surface area (Å²) in [6, 6.07) is 4.09. The fourth-order valence-corrected chi connectivity index (χ4v) is 3.83. The molecule has 0 amide bonds. The van der Waals surface area contributed by atoms with Crippen LogP contribution in [0, 0.1) is 6.42 Å². The molecule has 0 saturated heterocycles. The van der Waals surface area contributed by atoms with Gasteiger partial charge in [-0.15, -0.1) is 12.3 Å². The first-order valence-corrected chi connectivity index (χ1v) is 9.20. The van der Waals surface area contributed by atoms with Gasteiger partial charge in [0.2, 0.25) is 0 Å². The normalized spacial score (nSPS) is 11.5. The van der Waals surface area contributed by atoms with Crippen molar-refractivity contribution in [2.24, 2.45) is 0 Å². The third-order valence-electron chi connectivity index (χ3n) is 3.37. The van der Waals surface area contributed by atoms with E-state index in [1.54, 1.807) is 0 Å². The molecule has 0 unspecified atom stereocenters. The summed E-state index contributed by atoms with van der Waals surface area (Å²) in [6.45, 7) is 10.8. The van der Waals surface area contributed by atoms with Gasteiger partial charge in [0, 0.05) is 0 Å². The second kappa shape index (κ2) is 11.1. The zero-order valence-electron chi connectivity index (χ0n) is 12.9. The van der Waals surface area contributed by atoms with Crippen LogP contribution >= 0.6 is 0 Å². The number of hydrogen-bond donors (Lipinski definition) is 0. The molecule has 140 valence electrons. The van der Waals surface area contributed by atoms with Gasteiger partial charge in [0.25, 0.3) is 0 Å². The van der Waals surface area contributed by atoms with Gasteiger partial charge >= 0.3 is 34.7 Å². The summed E-state index contributed by atoms with van der Waals surface area (Å²) in [7, 11) is -0.927. The Kier molecular flexibility index (Phi) is 13.2. The van der Waals surface area contributed by atoms with Gasteiger partial charge < -0.3 is 9.59 Å². The summed E-state index contributed by atoms with van der Waals surface area (Å²) < 4.78 is 67.8. The number of Topliss-reactive ketones (excluding diaryl/α,β-unsaturated/α-hetero) is 2. The van der Waals surface area contributed by atoms with E-state index >= 15 is 0 Å². The second-order valence-electron chi connectivity index (χ2n) is 4.50. The molecule has 10 heteroatoms. The second-order valence-corrected chi connectivity index (χ2v) is 9.75. The number of halogens is 6. The molecule has 0 aliphatic carbocycles. The van der Waals surface area contributed by atoms with Crippen LogP contribution in [0.15, 0.2) is 12.3 Å². The zero-order chi connectivity index (χ0) is 18.2. The summed E-state index contributed by atoms with van der Waals surface area (Å²) >= 11 is 0. The van der Waals surface area contributed by atoms with Gasteiger partial charge in [-0.1, -0.05) is 38.9 Å². The Morgan fingerprint density at radius 1 is 0.913 bits per heavy atom. The van der Waals surface area contributed by atoms with Crippen LogP contribution in [0.4, 0.5) is 26.3 Å². The van der Waals surface area contributed by atoms with E-state index in [9.17, 15) is 35.9 Å². The molecular formula is C13H19AgF6O2Si. The van der Waals surface area contributed by atoms with Crippen molar-refractivity contribution in [2.75, 3.05) is 0 Å². The Hall–Kier alpha value is -0.513. The summed E-state index contributed by atoms with van der Waals surface area (Å²) in [5.74, 6) is -5.65. The number of ketones is 2. The first-order valence-electron chi connectivity index (χ1n) is 6.50. The molecule has 0 bridgehead atoms. The van der Waals surface area contributed by atoms with E-state index in [-0.39, 0.29) is 22.4 Å². The number of carbonyl (C=O) groups is 2. The van der Waals surface area contributed by atoms with E-state index in [1.165, 1.54) is 18.1 Å². The van der Waals surface area contributed by atoms with Gasteiger partial charge in [-0.3, -0.25) is 0 Å². The summed E-state index contributed by atoms with van der Waals surface area (Å²) in [4.78, 5) is 19.6. The zero-order valence-corrected chi connectivity index (χ0v) is 15.4. The van der Waals surface area contributed by atoms with E-state index in [2.05, 4.69) is 33.0 Å². The van der Waals surface area contributed by atoms with Crippen LogP contribution in [0.1, 0.15) is 20.8 Å². The SMILES string of the molecule is C=C[Si](CC)(CC)CC.O=C([CH-]C(=O)C(F)(F)F)C(F)(F)F.[Ag+]. The molecule has 0 atom stereocenters. The maximum absolute atomic E-state index is 11.3. The summed E-state index contributed by atoms with van der Waals surface area (Å²) in [6.07, 6.45) is -11.9. The Morgan fingerprint density at radius 3 is 1.26 bits per heavy atom. The first kappa shape index (κ1) is 27.3. The predicted molar refractivity (Wildman–Crippen MR) is 73.8 cm³/mol. The van der Waals surface area contributed by atoms with Crippen molar-refractivity contribution in [1.82, 2.24) is 0 Å². The van der Waals surface area contributed by atoms with Crippen LogP contribution in [-0.2, 0) is 32.0 Å². The fourth-order valence-electron chi connectivity index (χ4n) is 1.47. The molecule has 0 fully saturated rings. The molecule has 0 saturated carbocycles. The molecule has 0 aromatic heterocycles. The van der Waals surface area contributed by atoms with Crippen molar-refractivity contribution >= 4 is 19.6 Å². The van der Waals surface area contributed by atoms with Gasteiger partial charge in [-0.2, -0.15) is 26.3 Å². The van der Waals surface area contributed by atoms with E-state index in [4.69, 9.17) is 0 Å². The molecule has 0 N–H and O–H groups in total. The molecule has 23 heavy (non-hydrogen) atoms. The molecule has 0 spiro atoms. The minimum absolute atomic E-state index is 0. The predicted octanol–water partition coefficient (Wildman–Crippen LogP) is 4.67. The number of alkyl halides is 6.